The first-order valence-corrected chi connectivity index (χ1v) is 13.7. The average molecular weight is 489 g/mol. The predicted octanol–water partition coefficient (Wildman–Crippen LogP) is 4.50. The molecule has 3 saturated carbocycles. The highest BCUT2D eigenvalue weighted by molar-refractivity contribution is 5.75. The Hall–Kier alpha value is -1.63. The molecule has 35 heavy (non-hydrogen) atoms. The summed E-state index contributed by atoms with van der Waals surface area (Å²) in [4.78, 5) is 37.0. The monoisotopic (exact) mass is 488 g/mol. The van der Waals surface area contributed by atoms with Crippen molar-refractivity contribution >= 4 is 17.9 Å². The first kappa shape index (κ1) is 23.7. The molecule has 2 bridgehead atoms. The SMILES string of the molecule is CC(=O)O[C@@H]1C[C@@H]2[C@H](CCC3[C@@]4(C)CCC[C@](C)(C(=O)O)C4CC[C@]32C)[C@@H]2C[C@H]3OC(=O)C[C@]13O2. The molecule has 3 aliphatic heterocycles. The van der Waals surface area contributed by atoms with Crippen LogP contribution in [0, 0.1) is 39.9 Å². The number of carboxylic acid groups (broad SMARTS) is 1. The Morgan fingerprint density at radius 1 is 1.00 bits per heavy atom. The minimum absolute atomic E-state index is 0.0117. The normalized spacial score (nSPS) is 54.4. The number of aliphatic carboxylic acids is 1. The fourth-order valence-electron chi connectivity index (χ4n) is 10.6. The molecule has 3 heterocycles. The van der Waals surface area contributed by atoms with Gasteiger partial charge >= 0.3 is 17.9 Å². The van der Waals surface area contributed by atoms with Crippen molar-refractivity contribution in [3.8, 4) is 0 Å². The van der Waals surface area contributed by atoms with E-state index < -0.39 is 23.1 Å². The van der Waals surface area contributed by atoms with Gasteiger partial charge in [-0.3, -0.25) is 14.4 Å². The number of rotatable bonds is 2. The summed E-state index contributed by atoms with van der Waals surface area (Å²) in [6, 6.07) is 0. The predicted molar refractivity (Wildman–Crippen MR) is 125 cm³/mol. The quantitative estimate of drug-likeness (QED) is 0.571. The molecule has 1 N–H and O–H groups in total. The lowest BCUT2D eigenvalue weighted by Gasteiger charge is -2.66. The largest absolute Gasteiger partial charge is 0.481 e. The molecule has 6 rings (SSSR count). The zero-order chi connectivity index (χ0) is 25.0. The van der Waals surface area contributed by atoms with Crippen LogP contribution in [0.25, 0.3) is 0 Å². The zero-order valence-corrected chi connectivity index (χ0v) is 21.5. The van der Waals surface area contributed by atoms with E-state index in [9.17, 15) is 19.5 Å². The lowest BCUT2D eigenvalue weighted by molar-refractivity contribution is -0.199. The van der Waals surface area contributed by atoms with Crippen molar-refractivity contribution in [3.63, 3.8) is 0 Å². The number of carboxylic acids is 1. The fraction of sp³-hybridized carbons (Fsp3) is 0.893. The van der Waals surface area contributed by atoms with Gasteiger partial charge in [-0.25, -0.2) is 0 Å². The van der Waals surface area contributed by atoms with E-state index in [-0.39, 0.29) is 47.3 Å². The second-order valence-corrected chi connectivity index (χ2v) is 13.4. The lowest BCUT2D eigenvalue weighted by Crippen LogP contribution is -2.62. The third-order valence-electron chi connectivity index (χ3n) is 12.0. The highest BCUT2D eigenvalue weighted by Crippen LogP contribution is 2.71. The molecule has 3 aliphatic carbocycles. The van der Waals surface area contributed by atoms with Gasteiger partial charge in [0, 0.05) is 13.3 Å². The lowest BCUT2D eigenvalue weighted by atomic mass is 9.38. The smallest absolute Gasteiger partial charge is 0.309 e. The maximum Gasteiger partial charge on any atom is 0.309 e. The van der Waals surface area contributed by atoms with Gasteiger partial charge in [-0.2, -0.15) is 0 Å². The molecular weight excluding hydrogens is 448 g/mol. The van der Waals surface area contributed by atoms with Crippen molar-refractivity contribution in [3.05, 3.63) is 0 Å². The van der Waals surface area contributed by atoms with Crippen molar-refractivity contribution in [2.24, 2.45) is 39.9 Å². The molecule has 0 radical (unpaired) electrons. The molecule has 0 aromatic rings. The number of hydrogen-bond acceptors (Lipinski definition) is 6. The van der Waals surface area contributed by atoms with Crippen LogP contribution in [-0.2, 0) is 28.6 Å². The molecule has 0 amide bonds. The van der Waals surface area contributed by atoms with Gasteiger partial charge in [0.05, 0.1) is 17.9 Å². The van der Waals surface area contributed by atoms with Crippen molar-refractivity contribution in [2.75, 3.05) is 0 Å². The van der Waals surface area contributed by atoms with Crippen LogP contribution >= 0.6 is 0 Å². The summed E-state index contributed by atoms with van der Waals surface area (Å²) in [6.45, 7) is 8.22. The summed E-state index contributed by atoms with van der Waals surface area (Å²) in [6.07, 6.45) is 7.55. The maximum absolute atomic E-state index is 12.4. The summed E-state index contributed by atoms with van der Waals surface area (Å²) < 4.78 is 18.3. The molecule has 7 heteroatoms. The summed E-state index contributed by atoms with van der Waals surface area (Å²) >= 11 is 0. The summed E-state index contributed by atoms with van der Waals surface area (Å²) in [5, 5.41) is 10.2. The molecule has 0 aromatic carbocycles. The van der Waals surface area contributed by atoms with E-state index in [2.05, 4.69) is 13.8 Å². The zero-order valence-electron chi connectivity index (χ0n) is 21.5. The standard InChI is InChI=1S/C28H40O7/c1-15(29)33-21-12-17-16(18-13-22-28(21,35-18)14-23(30)34-22)6-7-19-25(17,2)11-8-20-26(19,3)9-5-10-27(20,4)24(31)32/h16-22H,5-14H2,1-4H3,(H,31,32)/t16-,17+,18-,19?,20?,21+,22+,25-,26+,27-,28-/m0/s1. The molecule has 0 aromatic heterocycles. The maximum atomic E-state index is 12.4. The average Bonchev–Trinajstić information content (AvgIpc) is 3.21. The molecule has 194 valence electrons. The minimum atomic E-state index is -0.857. The van der Waals surface area contributed by atoms with E-state index in [1.165, 1.54) is 6.92 Å². The van der Waals surface area contributed by atoms with E-state index >= 15 is 0 Å². The Morgan fingerprint density at radius 3 is 2.49 bits per heavy atom. The number of hydrogen-bond donors (Lipinski definition) is 1. The van der Waals surface area contributed by atoms with Crippen molar-refractivity contribution < 1.29 is 33.7 Å². The summed E-state index contributed by atoms with van der Waals surface area (Å²) in [7, 11) is 0. The topological polar surface area (TPSA) is 99.1 Å². The molecule has 11 atom stereocenters. The molecule has 6 fully saturated rings. The number of fused-ring (bicyclic) bond motifs is 7. The Bertz CT molecular complexity index is 963. The summed E-state index contributed by atoms with van der Waals surface area (Å²) in [5.41, 5.74) is -1.51. The minimum Gasteiger partial charge on any atom is -0.481 e. The van der Waals surface area contributed by atoms with Crippen LogP contribution in [0.2, 0.25) is 0 Å². The first-order valence-electron chi connectivity index (χ1n) is 13.7. The molecule has 1 spiro atoms. The third kappa shape index (κ3) is 3.02. The van der Waals surface area contributed by atoms with Crippen LogP contribution in [-0.4, -0.2) is 46.9 Å². The van der Waals surface area contributed by atoms with Crippen LogP contribution in [0.1, 0.15) is 91.9 Å². The van der Waals surface area contributed by atoms with Crippen molar-refractivity contribution in [2.45, 2.75) is 116 Å². The number of esters is 2. The Morgan fingerprint density at radius 2 is 1.77 bits per heavy atom. The Labute approximate surface area is 207 Å². The first-order chi connectivity index (χ1) is 16.4. The Kier molecular flexibility index (Phi) is 5.06. The number of ether oxygens (including phenoxy) is 3. The van der Waals surface area contributed by atoms with Crippen molar-refractivity contribution in [1.82, 2.24) is 0 Å². The van der Waals surface area contributed by atoms with E-state index in [1.807, 2.05) is 6.92 Å². The van der Waals surface area contributed by atoms with Crippen LogP contribution in [0.3, 0.4) is 0 Å². The Balaban J connectivity index is 1.38. The molecule has 3 saturated heterocycles. The van der Waals surface area contributed by atoms with Gasteiger partial charge < -0.3 is 19.3 Å². The third-order valence-corrected chi connectivity index (χ3v) is 12.0. The van der Waals surface area contributed by atoms with Gasteiger partial charge in [-0.05, 0) is 86.4 Å². The van der Waals surface area contributed by atoms with Crippen LogP contribution in [0.5, 0.6) is 0 Å². The summed E-state index contributed by atoms with van der Waals surface area (Å²) in [5.74, 6) is 0.0149. The van der Waals surface area contributed by atoms with Gasteiger partial charge in [0.1, 0.15) is 12.2 Å². The second kappa shape index (κ2) is 7.45. The van der Waals surface area contributed by atoms with E-state index in [0.717, 1.165) is 44.9 Å². The van der Waals surface area contributed by atoms with E-state index in [0.29, 0.717) is 30.6 Å². The van der Waals surface area contributed by atoms with Gasteiger partial charge in [-0.15, -0.1) is 0 Å². The fourth-order valence-corrected chi connectivity index (χ4v) is 10.6. The van der Waals surface area contributed by atoms with E-state index in [4.69, 9.17) is 14.2 Å². The molecule has 6 aliphatic rings. The van der Waals surface area contributed by atoms with E-state index in [1.54, 1.807) is 0 Å². The molecular formula is C28H40O7. The second-order valence-electron chi connectivity index (χ2n) is 13.4. The van der Waals surface area contributed by atoms with Gasteiger partial charge in [0.15, 0.2) is 5.60 Å². The van der Waals surface area contributed by atoms with Crippen molar-refractivity contribution in [1.29, 1.82) is 0 Å². The highest BCUT2D eigenvalue weighted by Gasteiger charge is 2.70. The number of carbonyl (C=O) groups excluding carboxylic acids is 2. The number of carbonyl (C=O) groups is 3. The van der Waals surface area contributed by atoms with Crippen LogP contribution in [0.4, 0.5) is 0 Å². The highest BCUT2D eigenvalue weighted by atomic mass is 16.6. The van der Waals surface area contributed by atoms with Crippen LogP contribution < -0.4 is 0 Å². The molecule has 7 nitrogen and oxygen atoms in total. The van der Waals surface area contributed by atoms with Gasteiger partial charge in [0.2, 0.25) is 0 Å². The van der Waals surface area contributed by atoms with Gasteiger partial charge in [0.25, 0.3) is 0 Å². The molecule has 2 unspecified atom stereocenters. The van der Waals surface area contributed by atoms with Gasteiger partial charge in [-0.1, -0.05) is 20.3 Å². The van der Waals surface area contributed by atoms with Crippen LogP contribution in [0.15, 0.2) is 0 Å².